The van der Waals surface area contributed by atoms with Crippen LogP contribution in [0.1, 0.15) is 11.1 Å². The van der Waals surface area contributed by atoms with Crippen molar-refractivity contribution in [1.29, 1.82) is 0 Å². The molecule has 0 bridgehead atoms. The maximum Gasteiger partial charge on any atom is 0.387 e. The molecule has 0 aliphatic heterocycles. The van der Waals surface area contributed by atoms with E-state index in [1.165, 1.54) is 10.7 Å². The summed E-state index contributed by atoms with van der Waals surface area (Å²) in [5.41, 5.74) is 2.12. The number of halogens is 3. The molecule has 0 saturated carbocycles. The van der Waals surface area contributed by atoms with Gasteiger partial charge in [0.2, 0.25) is 0 Å². The molecule has 0 fully saturated rings. The van der Waals surface area contributed by atoms with Gasteiger partial charge in [0.05, 0.1) is 17.4 Å². The third kappa shape index (κ3) is 2.84. The summed E-state index contributed by atoms with van der Waals surface area (Å²) in [6.07, 6.45) is 0. The molecule has 3 aromatic rings. The molecular weight excluding hydrogens is 382 g/mol. The van der Waals surface area contributed by atoms with E-state index in [1.54, 1.807) is 36.0 Å². The van der Waals surface area contributed by atoms with Crippen molar-refractivity contribution in [2.45, 2.75) is 20.1 Å². The third-order valence-corrected chi connectivity index (χ3v) is 4.88. The normalized spacial score (nSPS) is 11.4. The monoisotopic (exact) mass is 396 g/mol. The molecule has 0 unspecified atom stereocenters. The van der Waals surface area contributed by atoms with Crippen molar-refractivity contribution in [3.05, 3.63) is 62.4 Å². The van der Waals surface area contributed by atoms with Gasteiger partial charge in [-0.05, 0) is 30.7 Å². The van der Waals surface area contributed by atoms with Gasteiger partial charge in [0.1, 0.15) is 5.75 Å². The fourth-order valence-corrected chi connectivity index (χ4v) is 3.13. The van der Waals surface area contributed by atoms with Gasteiger partial charge in [0.15, 0.2) is 0 Å². The van der Waals surface area contributed by atoms with Gasteiger partial charge >= 0.3 is 6.61 Å². The molecular formula is C17H15BrF2N2O2. The van der Waals surface area contributed by atoms with Crippen molar-refractivity contribution in [3.63, 3.8) is 0 Å². The minimum absolute atomic E-state index is 0.106. The second kappa shape index (κ2) is 6.39. The molecule has 0 radical (unpaired) electrons. The average molecular weight is 397 g/mol. The van der Waals surface area contributed by atoms with Crippen LogP contribution >= 0.6 is 15.9 Å². The van der Waals surface area contributed by atoms with E-state index < -0.39 is 6.61 Å². The smallest absolute Gasteiger partial charge is 0.387 e. The first-order chi connectivity index (χ1) is 11.4. The van der Waals surface area contributed by atoms with Crippen molar-refractivity contribution in [2.24, 2.45) is 7.05 Å². The Kier molecular flexibility index (Phi) is 4.45. The van der Waals surface area contributed by atoms with Crippen LogP contribution in [0.2, 0.25) is 0 Å². The minimum atomic E-state index is -2.90. The first kappa shape index (κ1) is 16.7. The molecule has 0 saturated heterocycles. The predicted octanol–water partition coefficient (Wildman–Crippen LogP) is 4.06. The molecule has 0 amide bonds. The molecule has 2 aromatic carbocycles. The van der Waals surface area contributed by atoms with E-state index in [4.69, 9.17) is 0 Å². The van der Waals surface area contributed by atoms with E-state index in [2.05, 4.69) is 20.7 Å². The molecule has 3 rings (SSSR count). The van der Waals surface area contributed by atoms with Gasteiger partial charge < -0.3 is 4.74 Å². The highest BCUT2D eigenvalue weighted by atomic mass is 79.9. The van der Waals surface area contributed by atoms with Gasteiger partial charge in [0.25, 0.3) is 5.56 Å². The molecule has 0 spiro atoms. The van der Waals surface area contributed by atoms with Gasteiger partial charge in [-0.3, -0.25) is 14.2 Å². The van der Waals surface area contributed by atoms with E-state index >= 15 is 0 Å². The fraction of sp³-hybridized carbons (Fsp3) is 0.235. The number of ether oxygens (including phenoxy) is 1. The second-order valence-electron chi connectivity index (χ2n) is 5.44. The SMILES string of the molecule is Cc1c(Br)ccc2c(=O)n(C)n(Cc3ccccc3OC(F)F)c12. The van der Waals surface area contributed by atoms with E-state index in [1.807, 2.05) is 13.0 Å². The Balaban J connectivity index is 2.17. The Hall–Kier alpha value is -2.15. The molecule has 0 N–H and O–H groups in total. The van der Waals surface area contributed by atoms with Crippen molar-refractivity contribution in [2.75, 3.05) is 0 Å². The van der Waals surface area contributed by atoms with Crippen molar-refractivity contribution < 1.29 is 13.5 Å². The average Bonchev–Trinajstić information content (AvgIpc) is 2.78. The van der Waals surface area contributed by atoms with Crippen LogP contribution in [0, 0.1) is 6.92 Å². The van der Waals surface area contributed by atoms with Crippen LogP contribution in [0.25, 0.3) is 10.9 Å². The summed E-state index contributed by atoms with van der Waals surface area (Å²) in [6.45, 7) is -0.744. The zero-order valence-electron chi connectivity index (χ0n) is 13.1. The Morgan fingerprint density at radius 1 is 1.21 bits per heavy atom. The van der Waals surface area contributed by atoms with Crippen LogP contribution < -0.4 is 10.3 Å². The lowest BCUT2D eigenvalue weighted by Gasteiger charge is -2.14. The van der Waals surface area contributed by atoms with Crippen molar-refractivity contribution >= 4 is 26.8 Å². The number of aromatic nitrogens is 2. The predicted molar refractivity (Wildman–Crippen MR) is 91.8 cm³/mol. The molecule has 0 atom stereocenters. The number of aryl methyl sites for hydroxylation is 1. The lowest BCUT2D eigenvalue weighted by atomic mass is 10.1. The quantitative estimate of drug-likeness (QED) is 0.666. The van der Waals surface area contributed by atoms with Crippen molar-refractivity contribution in [3.8, 4) is 5.75 Å². The Morgan fingerprint density at radius 3 is 2.62 bits per heavy atom. The number of hydrogen-bond donors (Lipinski definition) is 0. The largest absolute Gasteiger partial charge is 0.434 e. The van der Waals surface area contributed by atoms with E-state index in [-0.39, 0.29) is 17.9 Å². The number of benzene rings is 2. The topological polar surface area (TPSA) is 36.2 Å². The number of hydrogen-bond acceptors (Lipinski definition) is 2. The summed E-state index contributed by atoms with van der Waals surface area (Å²) in [7, 11) is 1.66. The molecule has 24 heavy (non-hydrogen) atoms. The summed E-state index contributed by atoms with van der Waals surface area (Å²) in [5, 5.41) is 0.588. The molecule has 126 valence electrons. The molecule has 1 heterocycles. The Bertz CT molecular complexity index is 963. The first-order valence-corrected chi connectivity index (χ1v) is 8.06. The van der Waals surface area contributed by atoms with Gasteiger partial charge in [-0.25, -0.2) is 0 Å². The number of nitrogens with zero attached hydrogens (tertiary/aromatic N) is 2. The highest BCUT2D eigenvalue weighted by molar-refractivity contribution is 9.10. The van der Waals surface area contributed by atoms with Crippen molar-refractivity contribution in [1.82, 2.24) is 9.36 Å². The highest BCUT2D eigenvalue weighted by Crippen LogP contribution is 2.27. The molecule has 1 aromatic heterocycles. The van der Waals surface area contributed by atoms with Gasteiger partial charge in [0, 0.05) is 17.1 Å². The summed E-state index contributed by atoms with van der Waals surface area (Å²) >= 11 is 3.47. The van der Waals surface area contributed by atoms with Gasteiger partial charge in [-0.15, -0.1) is 0 Å². The summed E-state index contributed by atoms with van der Waals surface area (Å²) < 4.78 is 33.9. The van der Waals surface area contributed by atoms with Crippen LogP contribution in [0.5, 0.6) is 5.75 Å². The Labute approximate surface area is 145 Å². The maximum atomic E-state index is 12.6. The number of rotatable bonds is 4. The zero-order chi connectivity index (χ0) is 17.4. The van der Waals surface area contributed by atoms with Crippen LogP contribution in [-0.4, -0.2) is 16.0 Å². The summed E-state index contributed by atoms with van der Waals surface area (Å²) in [4.78, 5) is 12.4. The lowest BCUT2D eigenvalue weighted by Crippen LogP contribution is -2.20. The standard InChI is InChI=1S/C17H15BrF2N2O2/c1-10-13(18)8-7-12-15(10)22(21(2)16(12)23)9-11-5-3-4-6-14(11)24-17(19)20/h3-8,17H,9H2,1-2H3. The molecule has 0 aliphatic carbocycles. The molecule has 4 nitrogen and oxygen atoms in total. The van der Waals surface area contributed by atoms with E-state index in [9.17, 15) is 13.6 Å². The molecule has 0 aliphatic rings. The first-order valence-electron chi connectivity index (χ1n) is 7.27. The molecule has 7 heteroatoms. The lowest BCUT2D eigenvalue weighted by molar-refractivity contribution is -0.0505. The second-order valence-corrected chi connectivity index (χ2v) is 6.30. The summed E-state index contributed by atoms with van der Waals surface area (Å²) in [6, 6.07) is 10.2. The van der Waals surface area contributed by atoms with Gasteiger partial charge in [-0.1, -0.05) is 34.1 Å². The number of para-hydroxylation sites is 1. The number of fused-ring (bicyclic) bond motifs is 1. The number of alkyl halides is 2. The highest BCUT2D eigenvalue weighted by Gasteiger charge is 2.17. The van der Waals surface area contributed by atoms with E-state index in [0.29, 0.717) is 10.9 Å². The van der Waals surface area contributed by atoms with Crippen LogP contribution in [0.15, 0.2) is 45.7 Å². The van der Waals surface area contributed by atoms with Crippen LogP contribution in [0.4, 0.5) is 8.78 Å². The Morgan fingerprint density at radius 2 is 1.92 bits per heavy atom. The van der Waals surface area contributed by atoms with Crippen LogP contribution in [-0.2, 0) is 13.6 Å². The zero-order valence-corrected chi connectivity index (χ0v) is 14.7. The fourth-order valence-electron chi connectivity index (χ4n) is 2.81. The minimum Gasteiger partial charge on any atom is -0.434 e. The third-order valence-electron chi connectivity index (χ3n) is 4.02. The van der Waals surface area contributed by atoms with Gasteiger partial charge in [-0.2, -0.15) is 8.78 Å². The van der Waals surface area contributed by atoms with Crippen LogP contribution in [0.3, 0.4) is 0 Å². The maximum absolute atomic E-state index is 12.6. The van der Waals surface area contributed by atoms with E-state index in [0.717, 1.165) is 15.6 Å². The summed E-state index contributed by atoms with van der Waals surface area (Å²) in [5.74, 6) is 0.106.